The zero-order valence-electron chi connectivity index (χ0n) is 11.4. The first-order valence-corrected chi connectivity index (χ1v) is 7.12. The van der Waals surface area contributed by atoms with Gasteiger partial charge in [0.2, 0.25) is 0 Å². The third kappa shape index (κ3) is 3.12. The first-order valence-electron chi connectivity index (χ1n) is 7.12. The minimum absolute atomic E-state index is 0.0202. The van der Waals surface area contributed by atoms with Crippen LogP contribution in [0.4, 0.5) is 0 Å². The standard InChI is InChI=1S/C16H24O2/c1-3-12(2)13-7-9-14(10-8-13)16(17)15-6-4-5-11-18-15/h7-10,12,15-17H,3-6,11H2,1-2H3. The highest BCUT2D eigenvalue weighted by Gasteiger charge is 2.23. The number of hydrogen-bond acceptors (Lipinski definition) is 2. The third-order valence-electron chi connectivity index (χ3n) is 4.03. The minimum atomic E-state index is -0.476. The van der Waals surface area contributed by atoms with E-state index in [4.69, 9.17) is 4.74 Å². The van der Waals surface area contributed by atoms with Crippen LogP contribution in [0.3, 0.4) is 0 Å². The van der Waals surface area contributed by atoms with Crippen LogP contribution in [-0.4, -0.2) is 17.8 Å². The van der Waals surface area contributed by atoms with Crippen LogP contribution in [-0.2, 0) is 4.74 Å². The van der Waals surface area contributed by atoms with Crippen molar-refractivity contribution in [2.45, 2.75) is 57.7 Å². The number of aliphatic hydroxyl groups excluding tert-OH is 1. The van der Waals surface area contributed by atoms with Gasteiger partial charge in [0.15, 0.2) is 0 Å². The number of aliphatic hydroxyl groups is 1. The molecule has 100 valence electrons. The summed E-state index contributed by atoms with van der Waals surface area (Å²) >= 11 is 0. The summed E-state index contributed by atoms with van der Waals surface area (Å²) in [5, 5.41) is 10.3. The van der Waals surface area contributed by atoms with E-state index >= 15 is 0 Å². The number of hydrogen-bond donors (Lipinski definition) is 1. The van der Waals surface area contributed by atoms with Crippen LogP contribution in [0.5, 0.6) is 0 Å². The van der Waals surface area contributed by atoms with E-state index in [1.807, 2.05) is 12.1 Å². The molecule has 3 atom stereocenters. The lowest BCUT2D eigenvalue weighted by molar-refractivity contribution is -0.0633. The van der Waals surface area contributed by atoms with Crippen LogP contribution in [0.15, 0.2) is 24.3 Å². The van der Waals surface area contributed by atoms with Crippen molar-refractivity contribution in [3.63, 3.8) is 0 Å². The molecule has 0 amide bonds. The highest BCUT2D eigenvalue weighted by Crippen LogP contribution is 2.27. The zero-order chi connectivity index (χ0) is 13.0. The SMILES string of the molecule is CCC(C)c1ccc(C(O)C2CCCCO2)cc1. The number of rotatable bonds is 4. The van der Waals surface area contributed by atoms with Gasteiger partial charge in [-0.3, -0.25) is 0 Å². The predicted octanol–water partition coefficient (Wildman–Crippen LogP) is 3.80. The molecular formula is C16H24O2. The summed E-state index contributed by atoms with van der Waals surface area (Å²) in [6.45, 7) is 5.21. The Morgan fingerprint density at radius 3 is 2.44 bits per heavy atom. The zero-order valence-corrected chi connectivity index (χ0v) is 11.4. The van der Waals surface area contributed by atoms with Gasteiger partial charge in [0, 0.05) is 6.61 Å². The molecule has 0 aromatic heterocycles. The summed E-state index contributed by atoms with van der Waals surface area (Å²) in [6, 6.07) is 8.36. The van der Waals surface area contributed by atoms with E-state index in [-0.39, 0.29) is 6.10 Å². The van der Waals surface area contributed by atoms with Crippen molar-refractivity contribution < 1.29 is 9.84 Å². The topological polar surface area (TPSA) is 29.5 Å². The van der Waals surface area contributed by atoms with Gasteiger partial charge in [0.25, 0.3) is 0 Å². The van der Waals surface area contributed by atoms with Crippen LogP contribution in [0.1, 0.15) is 62.7 Å². The Bertz CT molecular complexity index is 352. The van der Waals surface area contributed by atoms with E-state index in [0.29, 0.717) is 5.92 Å². The smallest absolute Gasteiger partial charge is 0.105 e. The molecule has 0 bridgehead atoms. The molecule has 1 aliphatic heterocycles. The number of ether oxygens (including phenoxy) is 1. The summed E-state index contributed by atoms with van der Waals surface area (Å²) in [7, 11) is 0. The molecule has 2 rings (SSSR count). The van der Waals surface area contributed by atoms with Crippen LogP contribution in [0, 0.1) is 0 Å². The van der Waals surface area contributed by atoms with Gasteiger partial charge in [0.1, 0.15) is 6.10 Å². The predicted molar refractivity (Wildman–Crippen MR) is 73.7 cm³/mol. The van der Waals surface area contributed by atoms with Crippen LogP contribution < -0.4 is 0 Å². The first kappa shape index (κ1) is 13.6. The molecule has 0 radical (unpaired) electrons. The lowest BCUT2D eigenvalue weighted by Crippen LogP contribution is -2.26. The molecule has 1 aromatic carbocycles. The fourth-order valence-electron chi connectivity index (χ4n) is 2.49. The van der Waals surface area contributed by atoms with Gasteiger partial charge in [0.05, 0.1) is 6.10 Å². The van der Waals surface area contributed by atoms with Crippen molar-refractivity contribution in [1.29, 1.82) is 0 Å². The van der Waals surface area contributed by atoms with Crippen molar-refractivity contribution in [1.82, 2.24) is 0 Å². The van der Waals surface area contributed by atoms with E-state index in [9.17, 15) is 5.11 Å². The van der Waals surface area contributed by atoms with E-state index in [1.165, 1.54) is 5.56 Å². The lowest BCUT2D eigenvalue weighted by atomic mass is 9.94. The normalized spacial score (nSPS) is 23.6. The molecule has 1 heterocycles. The van der Waals surface area contributed by atoms with Crippen LogP contribution in [0.25, 0.3) is 0 Å². The molecule has 1 N–H and O–H groups in total. The molecule has 0 spiro atoms. The quantitative estimate of drug-likeness (QED) is 0.878. The van der Waals surface area contributed by atoms with Crippen molar-refractivity contribution >= 4 is 0 Å². The summed E-state index contributed by atoms with van der Waals surface area (Å²) in [5.74, 6) is 0.585. The molecule has 3 unspecified atom stereocenters. The van der Waals surface area contributed by atoms with E-state index in [0.717, 1.165) is 37.9 Å². The Morgan fingerprint density at radius 2 is 1.89 bits per heavy atom. The fraction of sp³-hybridized carbons (Fsp3) is 0.625. The Kier molecular flexibility index (Phi) is 4.79. The minimum Gasteiger partial charge on any atom is -0.386 e. The van der Waals surface area contributed by atoms with Gasteiger partial charge < -0.3 is 9.84 Å². The van der Waals surface area contributed by atoms with Gasteiger partial charge in [-0.2, -0.15) is 0 Å². The molecule has 1 aliphatic rings. The van der Waals surface area contributed by atoms with Crippen molar-refractivity contribution in [2.75, 3.05) is 6.61 Å². The van der Waals surface area contributed by atoms with Gasteiger partial charge in [-0.15, -0.1) is 0 Å². The first-order chi connectivity index (χ1) is 8.72. The average molecular weight is 248 g/mol. The van der Waals surface area contributed by atoms with Crippen molar-refractivity contribution in [3.05, 3.63) is 35.4 Å². The number of benzene rings is 1. The summed E-state index contributed by atoms with van der Waals surface area (Å²) in [5.41, 5.74) is 2.33. The van der Waals surface area contributed by atoms with Gasteiger partial charge in [-0.25, -0.2) is 0 Å². The highest BCUT2D eigenvalue weighted by atomic mass is 16.5. The van der Waals surface area contributed by atoms with Crippen molar-refractivity contribution in [2.24, 2.45) is 0 Å². The molecule has 1 saturated heterocycles. The molecule has 2 nitrogen and oxygen atoms in total. The summed E-state index contributed by atoms with van der Waals surface area (Å²) in [4.78, 5) is 0. The second kappa shape index (κ2) is 6.35. The molecule has 18 heavy (non-hydrogen) atoms. The Labute approximate surface area is 110 Å². The summed E-state index contributed by atoms with van der Waals surface area (Å²) in [6.07, 6.45) is 3.90. The fourth-order valence-corrected chi connectivity index (χ4v) is 2.49. The second-order valence-electron chi connectivity index (χ2n) is 5.33. The highest BCUT2D eigenvalue weighted by molar-refractivity contribution is 5.27. The monoisotopic (exact) mass is 248 g/mol. The lowest BCUT2D eigenvalue weighted by Gasteiger charge is -2.27. The van der Waals surface area contributed by atoms with E-state index in [2.05, 4.69) is 26.0 Å². The van der Waals surface area contributed by atoms with Crippen LogP contribution >= 0.6 is 0 Å². The molecule has 0 aliphatic carbocycles. The molecule has 1 fully saturated rings. The molecular weight excluding hydrogens is 224 g/mol. The Morgan fingerprint density at radius 1 is 1.22 bits per heavy atom. The van der Waals surface area contributed by atoms with Gasteiger partial charge in [-0.05, 0) is 42.7 Å². The van der Waals surface area contributed by atoms with Crippen molar-refractivity contribution in [3.8, 4) is 0 Å². The molecule has 2 heteroatoms. The maximum absolute atomic E-state index is 10.3. The Hall–Kier alpha value is -0.860. The van der Waals surface area contributed by atoms with Crippen LogP contribution in [0.2, 0.25) is 0 Å². The maximum atomic E-state index is 10.3. The summed E-state index contributed by atoms with van der Waals surface area (Å²) < 4.78 is 5.64. The average Bonchev–Trinajstić information content (AvgIpc) is 2.47. The van der Waals surface area contributed by atoms with Gasteiger partial charge >= 0.3 is 0 Å². The molecule has 1 aromatic rings. The van der Waals surface area contributed by atoms with Gasteiger partial charge in [-0.1, -0.05) is 38.1 Å². The largest absolute Gasteiger partial charge is 0.386 e. The second-order valence-corrected chi connectivity index (χ2v) is 5.33. The van der Waals surface area contributed by atoms with E-state index in [1.54, 1.807) is 0 Å². The Balaban J connectivity index is 2.03. The van der Waals surface area contributed by atoms with E-state index < -0.39 is 6.10 Å². The maximum Gasteiger partial charge on any atom is 0.105 e. The molecule has 0 saturated carbocycles. The third-order valence-corrected chi connectivity index (χ3v) is 4.03.